The van der Waals surface area contributed by atoms with Crippen LogP contribution < -0.4 is 10.2 Å². The highest BCUT2D eigenvalue weighted by atomic mass is 16.4. The van der Waals surface area contributed by atoms with Crippen LogP contribution in [-0.4, -0.2) is 29.4 Å². The first-order valence-electron chi connectivity index (χ1n) is 6.94. The summed E-state index contributed by atoms with van der Waals surface area (Å²) in [5.74, 6) is -1.84. The largest absolute Gasteiger partial charge is 0.481 e. The van der Waals surface area contributed by atoms with Crippen LogP contribution in [0.15, 0.2) is 24.3 Å². The van der Waals surface area contributed by atoms with Crippen LogP contribution in [0.25, 0.3) is 0 Å². The first-order chi connectivity index (χ1) is 10.0. The topological polar surface area (TPSA) is 86.7 Å². The first-order valence-corrected chi connectivity index (χ1v) is 6.94. The van der Waals surface area contributed by atoms with E-state index in [1.54, 1.807) is 24.3 Å². The van der Waals surface area contributed by atoms with Crippen LogP contribution in [0.4, 0.5) is 11.4 Å². The van der Waals surface area contributed by atoms with Gasteiger partial charge in [-0.2, -0.15) is 0 Å². The minimum atomic E-state index is -0.950. The highest BCUT2D eigenvalue weighted by Gasteiger charge is 2.34. The molecule has 1 aliphatic rings. The zero-order valence-corrected chi connectivity index (χ0v) is 11.8. The number of aliphatic carboxylic acids is 1. The molecule has 21 heavy (non-hydrogen) atoms. The molecule has 1 atom stereocenters. The number of rotatable bonds is 5. The second kappa shape index (κ2) is 6.39. The molecule has 0 spiro atoms. The average molecular weight is 290 g/mol. The van der Waals surface area contributed by atoms with E-state index in [9.17, 15) is 14.4 Å². The third-order valence-electron chi connectivity index (χ3n) is 3.41. The second-order valence-electron chi connectivity index (χ2n) is 5.09. The van der Waals surface area contributed by atoms with Gasteiger partial charge in [-0.25, -0.2) is 0 Å². The lowest BCUT2D eigenvalue weighted by Gasteiger charge is -2.16. The lowest BCUT2D eigenvalue weighted by atomic mass is 10.1. The molecule has 1 fully saturated rings. The number of hydrogen-bond acceptors (Lipinski definition) is 3. The van der Waals surface area contributed by atoms with Gasteiger partial charge in [0.15, 0.2) is 0 Å². The third kappa shape index (κ3) is 3.59. The van der Waals surface area contributed by atoms with Crippen LogP contribution in [0.2, 0.25) is 0 Å². The molecule has 1 heterocycles. The summed E-state index contributed by atoms with van der Waals surface area (Å²) < 4.78 is 0. The van der Waals surface area contributed by atoms with E-state index in [1.165, 1.54) is 4.90 Å². The maximum absolute atomic E-state index is 11.8. The van der Waals surface area contributed by atoms with Gasteiger partial charge in [-0.15, -0.1) is 0 Å². The van der Waals surface area contributed by atoms with Crippen LogP contribution in [-0.2, 0) is 14.4 Å². The standard InChI is InChI=1S/C15H18N2O4/c1-2-3-13(18)16-11-4-6-12(7-5-11)17-9-10(15(20)21)8-14(17)19/h4-7,10H,2-3,8-9H2,1H3,(H,16,18)(H,20,21)/t10-/m0/s1. The zero-order valence-electron chi connectivity index (χ0n) is 11.8. The van der Waals surface area contributed by atoms with E-state index in [0.717, 1.165) is 6.42 Å². The van der Waals surface area contributed by atoms with Gasteiger partial charge in [-0.1, -0.05) is 6.92 Å². The van der Waals surface area contributed by atoms with Gasteiger partial charge < -0.3 is 15.3 Å². The highest BCUT2D eigenvalue weighted by Crippen LogP contribution is 2.26. The Bertz CT molecular complexity index is 553. The summed E-state index contributed by atoms with van der Waals surface area (Å²) >= 11 is 0. The molecule has 2 rings (SSSR count). The number of carbonyl (C=O) groups excluding carboxylic acids is 2. The first kappa shape index (κ1) is 15.0. The maximum Gasteiger partial charge on any atom is 0.308 e. The molecule has 112 valence electrons. The number of benzene rings is 1. The average Bonchev–Trinajstić information content (AvgIpc) is 2.82. The molecule has 1 aliphatic heterocycles. The van der Waals surface area contributed by atoms with Crippen molar-refractivity contribution in [3.8, 4) is 0 Å². The Morgan fingerprint density at radius 2 is 2.00 bits per heavy atom. The normalized spacial score (nSPS) is 17.9. The van der Waals surface area contributed by atoms with Crippen molar-refractivity contribution >= 4 is 29.2 Å². The van der Waals surface area contributed by atoms with Crippen molar-refractivity contribution < 1.29 is 19.5 Å². The number of anilines is 2. The third-order valence-corrected chi connectivity index (χ3v) is 3.41. The number of amides is 2. The molecule has 1 aromatic carbocycles. The number of nitrogens with one attached hydrogen (secondary N) is 1. The fraction of sp³-hybridized carbons (Fsp3) is 0.400. The molecule has 6 heteroatoms. The molecule has 0 aliphatic carbocycles. The minimum Gasteiger partial charge on any atom is -0.481 e. The van der Waals surface area contributed by atoms with E-state index in [-0.39, 0.29) is 24.8 Å². The smallest absolute Gasteiger partial charge is 0.308 e. The van der Waals surface area contributed by atoms with Gasteiger partial charge in [0.05, 0.1) is 5.92 Å². The van der Waals surface area contributed by atoms with E-state index in [2.05, 4.69) is 5.32 Å². The van der Waals surface area contributed by atoms with Crippen LogP contribution >= 0.6 is 0 Å². The number of hydrogen-bond donors (Lipinski definition) is 2. The molecule has 2 amide bonds. The van der Waals surface area contributed by atoms with Crippen molar-refractivity contribution in [1.82, 2.24) is 0 Å². The van der Waals surface area contributed by atoms with Gasteiger partial charge in [-0.3, -0.25) is 14.4 Å². The van der Waals surface area contributed by atoms with E-state index in [0.29, 0.717) is 17.8 Å². The molecular formula is C15H18N2O4. The van der Waals surface area contributed by atoms with Crippen LogP contribution in [0.5, 0.6) is 0 Å². The summed E-state index contributed by atoms with van der Waals surface area (Å²) in [6.07, 6.45) is 1.28. The molecule has 6 nitrogen and oxygen atoms in total. The van der Waals surface area contributed by atoms with Crippen molar-refractivity contribution in [3.63, 3.8) is 0 Å². The fourth-order valence-electron chi connectivity index (χ4n) is 2.30. The molecule has 2 N–H and O–H groups in total. The SMILES string of the molecule is CCCC(=O)Nc1ccc(N2C[C@@H](C(=O)O)CC2=O)cc1. The van der Waals surface area contributed by atoms with Crippen molar-refractivity contribution in [2.45, 2.75) is 26.2 Å². The van der Waals surface area contributed by atoms with Crippen molar-refractivity contribution in [3.05, 3.63) is 24.3 Å². The number of carboxylic acid groups (broad SMARTS) is 1. The molecule has 0 unspecified atom stereocenters. The Morgan fingerprint density at radius 3 is 2.52 bits per heavy atom. The summed E-state index contributed by atoms with van der Waals surface area (Å²) in [6, 6.07) is 6.85. The molecule has 1 saturated heterocycles. The lowest BCUT2D eigenvalue weighted by molar-refractivity contribution is -0.141. The Morgan fingerprint density at radius 1 is 1.33 bits per heavy atom. The van der Waals surface area contributed by atoms with Crippen molar-refractivity contribution in [1.29, 1.82) is 0 Å². The predicted molar refractivity (Wildman–Crippen MR) is 78.1 cm³/mol. The minimum absolute atomic E-state index is 0.0321. The fourth-order valence-corrected chi connectivity index (χ4v) is 2.30. The zero-order chi connectivity index (χ0) is 15.4. The summed E-state index contributed by atoms with van der Waals surface area (Å²) in [5, 5.41) is 11.7. The molecule has 0 saturated carbocycles. The van der Waals surface area contributed by atoms with Crippen molar-refractivity contribution in [2.24, 2.45) is 5.92 Å². The van der Waals surface area contributed by atoms with Crippen LogP contribution in [0.3, 0.4) is 0 Å². The Hall–Kier alpha value is -2.37. The van der Waals surface area contributed by atoms with Gasteiger partial charge in [-0.05, 0) is 30.7 Å². The van der Waals surface area contributed by atoms with E-state index >= 15 is 0 Å². The van der Waals surface area contributed by atoms with E-state index in [4.69, 9.17) is 5.11 Å². The quantitative estimate of drug-likeness (QED) is 0.866. The van der Waals surface area contributed by atoms with Gasteiger partial charge in [0.2, 0.25) is 11.8 Å². The number of carboxylic acids is 1. The molecule has 0 bridgehead atoms. The van der Waals surface area contributed by atoms with Crippen LogP contribution in [0.1, 0.15) is 26.2 Å². The summed E-state index contributed by atoms with van der Waals surface area (Å²) in [7, 11) is 0. The molecular weight excluding hydrogens is 272 g/mol. The van der Waals surface area contributed by atoms with E-state index in [1.807, 2.05) is 6.92 Å². The Kier molecular flexibility index (Phi) is 4.57. The summed E-state index contributed by atoms with van der Waals surface area (Å²) in [6.45, 7) is 2.12. The van der Waals surface area contributed by atoms with E-state index < -0.39 is 11.9 Å². The molecule has 1 aromatic rings. The van der Waals surface area contributed by atoms with Gasteiger partial charge in [0.1, 0.15) is 0 Å². The Labute approximate surface area is 122 Å². The number of nitrogens with zero attached hydrogens (tertiary/aromatic N) is 1. The molecule has 0 radical (unpaired) electrons. The lowest BCUT2D eigenvalue weighted by Crippen LogP contribution is -2.25. The maximum atomic E-state index is 11.8. The monoisotopic (exact) mass is 290 g/mol. The molecule has 0 aromatic heterocycles. The van der Waals surface area contributed by atoms with Crippen LogP contribution in [0, 0.1) is 5.92 Å². The summed E-state index contributed by atoms with van der Waals surface area (Å²) in [4.78, 5) is 35.7. The van der Waals surface area contributed by atoms with Crippen molar-refractivity contribution in [2.75, 3.05) is 16.8 Å². The summed E-state index contributed by atoms with van der Waals surface area (Å²) in [5.41, 5.74) is 1.32. The number of carbonyl (C=O) groups is 3. The van der Waals surface area contributed by atoms with Gasteiger partial charge in [0, 0.05) is 30.8 Å². The predicted octanol–water partition coefficient (Wildman–Crippen LogP) is 1.86. The second-order valence-corrected chi connectivity index (χ2v) is 5.09. The van der Waals surface area contributed by atoms with Gasteiger partial charge in [0.25, 0.3) is 0 Å². The highest BCUT2D eigenvalue weighted by molar-refractivity contribution is 5.99. The van der Waals surface area contributed by atoms with Gasteiger partial charge >= 0.3 is 5.97 Å². The Balaban J connectivity index is 2.04.